The maximum Gasteiger partial charge on any atom is 0.264 e. The van der Waals surface area contributed by atoms with Crippen molar-refractivity contribution in [2.24, 2.45) is 0 Å². The third-order valence-corrected chi connectivity index (χ3v) is 4.80. The lowest BCUT2D eigenvalue weighted by Gasteiger charge is -2.29. The molecule has 0 aliphatic carbocycles. The second kappa shape index (κ2) is 6.59. The van der Waals surface area contributed by atoms with E-state index in [1.54, 1.807) is 17.0 Å². The quantitative estimate of drug-likeness (QED) is 0.936. The predicted octanol–water partition coefficient (Wildman–Crippen LogP) is 2.33. The molecule has 0 aromatic heterocycles. The normalized spacial score (nSPS) is 15.8. The highest BCUT2D eigenvalue weighted by Gasteiger charge is 2.24. The summed E-state index contributed by atoms with van der Waals surface area (Å²) in [5.74, 6) is 0.499. The number of para-hydroxylation sites is 1. The number of aryl methyl sites for hydroxylation is 1. The topological polar surface area (TPSA) is 58.6 Å². The highest BCUT2D eigenvalue weighted by atomic mass is 16.5. The summed E-state index contributed by atoms with van der Waals surface area (Å²) in [7, 11) is 0. The third-order valence-electron chi connectivity index (χ3n) is 4.80. The first-order valence-electron chi connectivity index (χ1n) is 8.65. The van der Waals surface area contributed by atoms with Gasteiger partial charge in [-0.1, -0.05) is 24.3 Å². The maximum atomic E-state index is 12.7. The molecule has 0 fully saturated rings. The lowest BCUT2D eigenvalue weighted by Crippen LogP contribution is -2.39. The molecule has 0 bridgehead atoms. The number of nitrogens with one attached hydrogen (secondary N) is 1. The zero-order valence-corrected chi connectivity index (χ0v) is 14.0. The number of carbonyl (C=O) groups excluding carboxylic acids is 2. The van der Waals surface area contributed by atoms with Gasteiger partial charge in [-0.25, -0.2) is 0 Å². The monoisotopic (exact) mass is 336 g/mol. The summed E-state index contributed by atoms with van der Waals surface area (Å²) >= 11 is 0. The van der Waals surface area contributed by atoms with Gasteiger partial charge in [0.1, 0.15) is 5.75 Å². The summed E-state index contributed by atoms with van der Waals surface area (Å²) in [5, 5.41) is 2.82. The molecule has 2 aromatic carbocycles. The molecule has 25 heavy (non-hydrogen) atoms. The Morgan fingerprint density at radius 2 is 2.00 bits per heavy atom. The van der Waals surface area contributed by atoms with Gasteiger partial charge < -0.3 is 15.0 Å². The van der Waals surface area contributed by atoms with Crippen molar-refractivity contribution in [1.82, 2.24) is 5.32 Å². The first-order valence-corrected chi connectivity index (χ1v) is 8.65. The summed E-state index contributed by atoms with van der Waals surface area (Å²) in [6.07, 6.45) is 2.68. The van der Waals surface area contributed by atoms with E-state index in [4.69, 9.17) is 4.74 Å². The number of hydrogen-bond acceptors (Lipinski definition) is 3. The van der Waals surface area contributed by atoms with Gasteiger partial charge in [-0.05, 0) is 43.0 Å². The van der Waals surface area contributed by atoms with E-state index in [1.807, 2.05) is 24.3 Å². The number of benzene rings is 2. The Labute approximate surface area is 146 Å². The maximum absolute atomic E-state index is 12.7. The number of hydrogen-bond donors (Lipinski definition) is 1. The van der Waals surface area contributed by atoms with E-state index in [2.05, 4.69) is 11.4 Å². The van der Waals surface area contributed by atoms with Crippen LogP contribution in [0.4, 0.5) is 5.69 Å². The van der Waals surface area contributed by atoms with Gasteiger partial charge in [0, 0.05) is 29.9 Å². The van der Waals surface area contributed by atoms with Crippen molar-refractivity contribution in [1.29, 1.82) is 0 Å². The minimum absolute atomic E-state index is 0.0214. The fourth-order valence-electron chi connectivity index (χ4n) is 3.58. The van der Waals surface area contributed by atoms with Crippen molar-refractivity contribution >= 4 is 17.5 Å². The number of anilines is 1. The SMILES string of the molecule is O=C1NCCc2c(OCC(=O)N3CCCc4ccccc43)cccc21. The molecule has 2 heterocycles. The van der Waals surface area contributed by atoms with Gasteiger partial charge in [0.25, 0.3) is 11.8 Å². The second-order valence-electron chi connectivity index (χ2n) is 6.35. The van der Waals surface area contributed by atoms with Gasteiger partial charge in [-0.2, -0.15) is 0 Å². The highest BCUT2D eigenvalue weighted by Crippen LogP contribution is 2.28. The molecule has 4 rings (SSSR count). The standard InChI is InChI=1S/C20H20N2O3/c23-19(22-12-4-6-14-5-1-2-8-17(14)22)13-25-18-9-3-7-16-15(18)10-11-21-20(16)24/h1-3,5,7-9H,4,6,10-13H2,(H,21,24). The molecule has 0 unspecified atom stereocenters. The molecule has 0 saturated heterocycles. The number of nitrogens with zero attached hydrogens (tertiary/aromatic N) is 1. The summed E-state index contributed by atoms with van der Waals surface area (Å²) in [6, 6.07) is 13.4. The Balaban J connectivity index is 1.51. The molecule has 128 valence electrons. The molecular formula is C20H20N2O3. The molecule has 5 nitrogen and oxygen atoms in total. The fourth-order valence-corrected chi connectivity index (χ4v) is 3.58. The molecule has 5 heteroatoms. The van der Waals surface area contributed by atoms with E-state index in [0.29, 0.717) is 24.4 Å². The zero-order chi connectivity index (χ0) is 17.2. The van der Waals surface area contributed by atoms with E-state index in [1.165, 1.54) is 5.56 Å². The third kappa shape index (κ3) is 2.97. The van der Waals surface area contributed by atoms with Gasteiger partial charge >= 0.3 is 0 Å². The second-order valence-corrected chi connectivity index (χ2v) is 6.35. The minimum atomic E-state index is -0.0806. The van der Waals surface area contributed by atoms with E-state index < -0.39 is 0 Å². The molecule has 0 radical (unpaired) electrons. The van der Waals surface area contributed by atoms with Gasteiger partial charge in [0.05, 0.1) is 0 Å². The van der Waals surface area contributed by atoms with Crippen molar-refractivity contribution in [2.45, 2.75) is 19.3 Å². The van der Waals surface area contributed by atoms with Crippen LogP contribution in [0.5, 0.6) is 5.75 Å². The van der Waals surface area contributed by atoms with Crippen LogP contribution in [-0.2, 0) is 17.6 Å². The number of carbonyl (C=O) groups is 2. The number of amides is 2. The molecule has 0 spiro atoms. The Hall–Kier alpha value is -2.82. The van der Waals surface area contributed by atoms with Crippen LogP contribution in [0.2, 0.25) is 0 Å². The van der Waals surface area contributed by atoms with E-state index in [9.17, 15) is 9.59 Å². The van der Waals surface area contributed by atoms with Crippen LogP contribution in [-0.4, -0.2) is 31.5 Å². The fraction of sp³-hybridized carbons (Fsp3) is 0.300. The van der Waals surface area contributed by atoms with Gasteiger partial charge in [-0.15, -0.1) is 0 Å². The Morgan fingerprint density at radius 3 is 2.92 bits per heavy atom. The molecule has 2 aliphatic rings. The van der Waals surface area contributed by atoms with Crippen molar-refractivity contribution in [3.8, 4) is 5.75 Å². The predicted molar refractivity (Wildman–Crippen MR) is 95.1 cm³/mol. The average Bonchev–Trinajstić information content (AvgIpc) is 2.66. The molecule has 2 amide bonds. The summed E-state index contributed by atoms with van der Waals surface area (Å²) in [4.78, 5) is 26.4. The van der Waals surface area contributed by atoms with Gasteiger partial charge in [0.15, 0.2) is 6.61 Å². The average molecular weight is 336 g/mol. The van der Waals surface area contributed by atoms with E-state index in [-0.39, 0.29) is 18.4 Å². The lowest BCUT2D eigenvalue weighted by atomic mass is 9.99. The van der Waals surface area contributed by atoms with Crippen LogP contribution in [0, 0.1) is 0 Å². The smallest absolute Gasteiger partial charge is 0.264 e. The zero-order valence-electron chi connectivity index (χ0n) is 14.0. The molecule has 2 aromatic rings. The van der Waals surface area contributed by atoms with Crippen molar-refractivity contribution in [2.75, 3.05) is 24.6 Å². The van der Waals surface area contributed by atoms with Gasteiger partial charge in [0.2, 0.25) is 0 Å². The van der Waals surface area contributed by atoms with Crippen LogP contribution >= 0.6 is 0 Å². The summed E-state index contributed by atoms with van der Waals surface area (Å²) < 4.78 is 5.81. The first kappa shape index (κ1) is 15.7. The summed E-state index contributed by atoms with van der Waals surface area (Å²) in [5.41, 5.74) is 3.71. The van der Waals surface area contributed by atoms with E-state index in [0.717, 1.165) is 30.5 Å². The van der Waals surface area contributed by atoms with Crippen LogP contribution in [0.1, 0.15) is 27.9 Å². The molecule has 2 aliphatic heterocycles. The number of rotatable bonds is 3. The Kier molecular flexibility index (Phi) is 4.14. The Morgan fingerprint density at radius 1 is 1.12 bits per heavy atom. The van der Waals surface area contributed by atoms with Crippen molar-refractivity contribution in [3.05, 3.63) is 59.2 Å². The summed E-state index contributed by atoms with van der Waals surface area (Å²) in [6.45, 7) is 1.29. The van der Waals surface area contributed by atoms with Crippen LogP contribution in [0.25, 0.3) is 0 Å². The number of fused-ring (bicyclic) bond motifs is 2. The molecule has 1 N–H and O–H groups in total. The van der Waals surface area contributed by atoms with Crippen LogP contribution < -0.4 is 15.0 Å². The molecule has 0 saturated carbocycles. The Bertz CT molecular complexity index is 831. The van der Waals surface area contributed by atoms with Crippen molar-refractivity contribution in [3.63, 3.8) is 0 Å². The van der Waals surface area contributed by atoms with Crippen molar-refractivity contribution < 1.29 is 14.3 Å². The van der Waals surface area contributed by atoms with Gasteiger partial charge in [-0.3, -0.25) is 9.59 Å². The van der Waals surface area contributed by atoms with E-state index >= 15 is 0 Å². The number of ether oxygens (including phenoxy) is 1. The molecular weight excluding hydrogens is 316 g/mol. The first-order chi connectivity index (χ1) is 12.2. The molecule has 0 atom stereocenters. The highest BCUT2D eigenvalue weighted by molar-refractivity contribution is 5.98. The van der Waals surface area contributed by atoms with Crippen LogP contribution in [0.3, 0.4) is 0 Å². The lowest BCUT2D eigenvalue weighted by molar-refractivity contribution is -0.120. The largest absolute Gasteiger partial charge is 0.483 e. The van der Waals surface area contributed by atoms with Crippen LogP contribution in [0.15, 0.2) is 42.5 Å². The minimum Gasteiger partial charge on any atom is -0.483 e.